The monoisotopic (exact) mass is 297 g/mol. The van der Waals surface area contributed by atoms with Gasteiger partial charge in [-0.15, -0.1) is 0 Å². The van der Waals surface area contributed by atoms with Gasteiger partial charge in [0.2, 0.25) is 5.91 Å². The van der Waals surface area contributed by atoms with E-state index in [1.807, 2.05) is 0 Å². The average Bonchev–Trinajstić information content (AvgIpc) is 2.40. The van der Waals surface area contributed by atoms with Crippen molar-refractivity contribution < 1.29 is 23.9 Å². The Morgan fingerprint density at radius 2 is 2.00 bits per heavy atom. The maximum absolute atomic E-state index is 13.7. The van der Waals surface area contributed by atoms with Gasteiger partial charge >= 0.3 is 12.0 Å². The van der Waals surface area contributed by atoms with Crippen LogP contribution in [0.4, 0.5) is 14.9 Å². The molecule has 7 nitrogen and oxygen atoms in total. The maximum Gasteiger partial charge on any atom is 0.326 e. The van der Waals surface area contributed by atoms with Crippen LogP contribution in [0, 0.1) is 5.82 Å². The van der Waals surface area contributed by atoms with Crippen molar-refractivity contribution in [3.63, 3.8) is 0 Å². The van der Waals surface area contributed by atoms with E-state index in [0.29, 0.717) is 0 Å². The Labute approximate surface area is 120 Å². The number of hydrogen-bond acceptors (Lipinski definition) is 3. The van der Waals surface area contributed by atoms with Crippen molar-refractivity contribution in [2.45, 2.75) is 19.4 Å². The van der Waals surface area contributed by atoms with E-state index in [4.69, 9.17) is 10.8 Å². The van der Waals surface area contributed by atoms with Crippen molar-refractivity contribution in [1.82, 2.24) is 5.32 Å². The number of hydrogen-bond donors (Lipinski definition) is 3. The van der Waals surface area contributed by atoms with Crippen LogP contribution in [0.25, 0.3) is 0 Å². The zero-order valence-electron chi connectivity index (χ0n) is 11.4. The van der Waals surface area contributed by atoms with Gasteiger partial charge in [0.15, 0.2) is 0 Å². The zero-order valence-corrected chi connectivity index (χ0v) is 11.4. The number of nitrogens with zero attached hydrogens (tertiary/aromatic N) is 1. The number of carboxylic acid groups (broad SMARTS) is 1. The molecule has 0 unspecified atom stereocenters. The van der Waals surface area contributed by atoms with Crippen LogP contribution in [-0.2, 0) is 9.59 Å². The molecule has 8 heteroatoms. The first-order chi connectivity index (χ1) is 9.86. The van der Waals surface area contributed by atoms with Gasteiger partial charge in [0.1, 0.15) is 11.9 Å². The second-order valence-corrected chi connectivity index (χ2v) is 4.21. The van der Waals surface area contributed by atoms with Gasteiger partial charge < -0.3 is 16.2 Å². The number of carboxylic acids is 1. The van der Waals surface area contributed by atoms with Crippen LogP contribution in [-0.4, -0.2) is 35.6 Å². The Morgan fingerprint density at radius 1 is 1.38 bits per heavy atom. The molecule has 1 atom stereocenters. The highest BCUT2D eigenvalue weighted by molar-refractivity contribution is 5.95. The first kappa shape index (κ1) is 16.4. The summed E-state index contributed by atoms with van der Waals surface area (Å²) in [6.07, 6.45) is -0.546. The van der Waals surface area contributed by atoms with Gasteiger partial charge in [-0.1, -0.05) is 12.1 Å². The fraction of sp³-hybridized carbons (Fsp3) is 0.308. The van der Waals surface area contributed by atoms with Gasteiger partial charge in [-0.2, -0.15) is 0 Å². The van der Waals surface area contributed by atoms with Gasteiger partial charge in [0.05, 0.1) is 12.1 Å². The standard InChI is InChI=1S/C13H16FN3O4/c1-2-17(10-6-4-3-5-8(10)14)13(21)16-9(12(19)20)7-11(15)18/h3-6,9H,2,7H2,1H3,(H2,15,18)(H,16,21)(H,19,20)/t9-/m0/s1. The Balaban J connectivity index is 2.91. The molecule has 1 aromatic carbocycles. The summed E-state index contributed by atoms with van der Waals surface area (Å²) in [6.45, 7) is 1.73. The van der Waals surface area contributed by atoms with E-state index in [1.165, 1.54) is 18.2 Å². The molecular weight excluding hydrogens is 281 g/mol. The van der Waals surface area contributed by atoms with Gasteiger partial charge in [0.25, 0.3) is 0 Å². The van der Waals surface area contributed by atoms with Crippen LogP contribution < -0.4 is 16.0 Å². The Kier molecular flexibility index (Phi) is 5.65. The summed E-state index contributed by atoms with van der Waals surface area (Å²) >= 11 is 0. The van der Waals surface area contributed by atoms with Crippen molar-refractivity contribution in [2.24, 2.45) is 5.73 Å². The molecule has 0 aliphatic heterocycles. The highest BCUT2D eigenvalue weighted by Gasteiger charge is 2.25. The predicted octanol–water partition coefficient (Wildman–Crippen LogP) is 0.690. The quantitative estimate of drug-likeness (QED) is 0.717. The number of para-hydroxylation sites is 1. The second kappa shape index (κ2) is 7.22. The van der Waals surface area contributed by atoms with E-state index in [9.17, 15) is 18.8 Å². The summed E-state index contributed by atoms with van der Waals surface area (Å²) in [6, 6.07) is 3.31. The molecular formula is C13H16FN3O4. The molecule has 0 aliphatic rings. The van der Waals surface area contributed by atoms with E-state index in [-0.39, 0.29) is 12.2 Å². The summed E-state index contributed by atoms with van der Waals surface area (Å²) in [5, 5.41) is 11.1. The lowest BCUT2D eigenvalue weighted by atomic mass is 10.2. The third-order valence-corrected chi connectivity index (χ3v) is 2.71. The zero-order chi connectivity index (χ0) is 16.0. The van der Waals surface area contributed by atoms with Crippen molar-refractivity contribution in [3.8, 4) is 0 Å². The Hall–Kier alpha value is -2.64. The number of carbonyl (C=O) groups is 3. The number of nitrogens with two attached hydrogens (primary N) is 1. The van der Waals surface area contributed by atoms with Crippen LogP contribution in [0.5, 0.6) is 0 Å². The lowest BCUT2D eigenvalue weighted by molar-refractivity contribution is -0.140. The molecule has 0 aromatic heterocycles. The second-order valence-electron chi connectivity index (χ2n) is 4.21. The van der Waals surface area contributed by atoms with E-state index in [2.05, 4.69) is 5.32 Å². The van der Waals surface area contributed by atoms with E-state index < -0.39 is 36.2 Å². The fourth-order valence-corrected chi connectivity index (χ4v) is 1.72. The van der Waals surface area contributed by atoms with E-state index in [1.54, 1.807) is 13.0 Å². The minimum atomic E-state index is -1.46. The average molecular weight is 297 g/mol. The fourth-order valence-electron chi connectivity index (χ4n) is 1.72. The van der Waals surface area contributed by atoms with Crippen LogP contribution in [0.1, 0.15) is 13.3 Å². The first-order valence-electron chi connectivity index (χ1n) is 6.20. The molecule has 0 bridgehead atoms. The number of rotatable bonds is 6. The number of carbonyl (C=O) groups excluding carboxylic acids is 2. The molecule has 0 heterocycles. The Morgan fingerprint density at radius 3 is 2.48 bits per heavy atom. The third-order valence-electron chi connectivity index (χ3n) is 2.71. The number of halogens is 1. The molecule has 0 saturated heterocycles. The number of benzene rings is 1. The van der Waals surface area contributed by atoms with Crippen molar-refractivity contribution >= 4 is 23.6 Å². The normalized spacial score (nSPS) is 11.5. The van der Waals surface area contributed by atoms with Crippen LogP contribution in [0.2, 0.25) is 0 Å². The summed E-state index contributed by atoms with van der Waals surface area (Å²) in [4.78, 5) is 34.9. The lowest BCUT2D eigenvalue weighted by Crippen LogP contribution is -2.49. The van der Waals surface area contributed by atoms with Crippen LogP contribution >= 0.6 is 0 Å². The predicted molar refractivity (Wildman–Crippen MR) is 73.2 cm³/mol. The number of nitrogens with one attached hydrogen (secondary N) is 1. The summed E-state index contributed by atoms with van der Waals surface area (Å²) in [5.41, 5.74) is 4.94. The van der Waals surface area contributed by atoms with Gasteiger partial charge in [-0.25, -0.2) is 14.0 Å². The molecule has 0 radical (unpaired) electrons. The lowest BCUT2D eigenvalue weighted by Gasteiger charge is -2.24. The molecule has 0 aliphatic carbocycles. The van der Waals surface area contributed by atoms with Crippen molar-refractivity contribution in [1.29, 1.82) is 0 Å². The number of urea groups is 1. The molecule has 0 fully saturated rings. The molecule has 4 N–H and O–H groups in total. The molecule has 0 spiro atoms. The highest BCUT2D eigenvalue weighted by atomic mass is 19.1. The van der Waals surface area contributed by atoms with E-state index in [0.717, 1.165) is 4.90 Å². The molecule has 21 heavy (non-hydrogen) atoms. The SMILES string of the molecule is CCN(C(=O)N[C@@H](CC(N)=O)C(=O)O)c1ccccc1F. The molecule has 114 valence electrons. The third kappa shape index (κ3) is 4.44. The smallest absolute Gasteiger partial charge is 0.326 e. The summed E-state index contributed by atoms with van der Waals surface area (Å²) in [5.74, 6) is -2.88. The van der Waals surface area contributed by atoms with Gasteiger partial charge in [-0.05, 0) is 19.1 Å². The Bertz CT molecular complexity index is 550. The minimum absolute atomic E-state index is 0.0145. The van der Waals surface area contributed by atoms with Crippen LogP contribution in [0.3, 0.4) is 0 Å². The molecule has 0 saturated carbocycles. The van der Waals surface area contributed by atoms with Crippen molar-refractivity contribution in [2.75, 3.05) is 11.4 Å². The number of primary amides is 1. The number of amides is 3. The summed E-state index contributed by atoms with van der Waals surface area (Å²) in [7, 11) is 0. The van der Waals surface area contributed by atoms with Crippen LogP contribution in [0.15, 0.2) is 24.3 Å². The van der Waals surface area contributed by atoms with Gasteiger partial charge in [0, 0.05) is 6.54 Å². The number of aliphatic carboxylic acids is 1. The summed E-state index contributed by atoms with van der Waals surface area (Å²) < 4.78 is 13.7. The van der Waals surface area contributed by atoms with Gasteiger partial charge in [-0.3, -0.25) is 9.69 Å². The minimum Gasteiger partial charge on any atom is -0.480 e. The molecule has 1 aromatic rings. The number of anilines is 1. The van der Waals surface area contributed by atoms with Crippen molar-refractivity contribution in [3.05, 3.63) is 30.1 Å². The highest BCUT2D eigenvalue weighted by Crippen LogP contribution is 2.18. The first-order valence-corrected chi connectivity index (χ1v) is 6.20. The largest absolute Gasteiger partial charge is 0.480 e. The van der Waals surface area contributed by atoms with E-state index >= 15 is 0 Å². The molecule has 3 amide bonds. The maximum atomic E-state index is 13.7. The molecule has 1 rings (SSSR count). The topological polar surface area (TPSA) is 113 Å².